The zero-order valence-electron chi connectivity index (χ0n) is 19.4. The molecule has 2 aromatic carbocycles. The van der Waals surface area contributed by atoms with Gasteiger partial charge in [0.05, 0.1) is 26.0 Å². The van der Waals surface area contributed by atoms with Gasteiger partial charge in [0.25, 0.3) is 0 Å². The predicted octanol–water partition coefficient (Wildman–Crippen LogP) is 4.13. The maximum absolute atomic E-state index is 13.3. The summed E-state index contributed by atoms with van der Waals surface area (Å²) >= 11 is 0. The fraction of sp³-hybridized carbons (Fsp3) is 0.261. The van der Waals surface area contributed by atoms with Crippen molar-refractivity contribution in [3.63, 3.8) is 0 Å². The number of ether oxygens (including phenoxy) is 4. The molecule has 2 aliphatic rings. The minimum Gasteiger partial charge on any atom is -0.488 e. The maximum atomic E-state index is 13.3. The van der Waals surface area contributed by atoms with E-state index in [4.69, 9.17) is 9.47 Å². The zero-order valence-corrected chi connectivity index (χ0v) is 21.1. The van der Waals surface area contributed by atoms with Gasteiger partial charge in [-0.2, -0.15) is 0 Å². The fourth-order valence-electron chi connectivity index (χ4n) is 3.23. The number of hydrogen-bond acceptors (Lipinski definition) is 6. The molecule has 1 radical (unpaired) electrons. The number of benzene rings is 2. The predicted molar refractivity (Wildman–Crippen MR) is 117 cm³/mol. The average molecular weight is 601 g/mol. The number of amides is 2. The molecule has 13 heteroatoms. The summed E-state index contributed by atoms with van der Waals surface area (Å²) < 4.78 is 71.6. The molecule has 2 aromatic rings. The molecule has 36 heavy (non-hydrogen) atoms. The van der Waals surface area contributed by atoms with E-state index >= 15 is 0 Å². The number of halogens is 4. The molecule has 1 atom stereocenters. The maximum Gasteiger partial charge on any atom is 1.00 e. The summed E-state index contributed by atoms with van der Waals surface area (Å²) in [5, 5.41) is 4.90. The second-order valence-electron chi connectivity index (χ2n) is 7.10. The van der Waals surface area contributed by atoms with Gasteiger partial charge >= 0.3 is 31.7 Å². The summed E-state index contributed by atoms with van der Waals surface area (Å²) in [6, 6.07) is 3.48. The molecule has 4 rings (SSSR count). The topological polar surface area (TPSA) is 95.1 Å². The number of hydrogen-bond donors (Lipinski definition) is 2. The van der Waals surface area contributed by atoms with Gasteiger partial charge in [-0.05, 0) is 24.6 Å². The molecule has 2 N–H and O–H groups in total. The van der Waals surface area contributed by atoms with Crippen LogP contribution in [0.15, 0.2) is 30.0 Å². The largest absolute Gasteiger partial charge is 1.00 e. The summed E-state index contributed by atoms with van der Waals surface area (Å²) in [5.74, 6) is -2.84. The Bertz CT molecular complexity index is 1130. The van der Waals surface area contributed by atoms with Crippen LogP contribution in [0.4, 0.5) is 27.2 Å². The van der Waals surface area contributed by atoms with Gasteiger partial charge in [-0.3, -0.25) is 5.32 Å². The van der Waals surface area contributed by atoms with E-state index in [1.807, 2.05) is 0 Å². The first-order chi connectivity index (χ1) is 16.2. The van der Waals surface area contributed by atoms with Gasteiger partial charge in [0.15, 0.2) is 23.1 Å². The Morgan fingerprint density at radius 2 is 1.53 bits per heavy atom. The van der Waals surface area contributed by atoms with Crippen LogP contribution in [0.1, 0.15) is 11.1 Å². The Morgan fingerprint density at radius 3 is 2.17 bits per heavy atom. The van der Waals surface area contributed by atoms with Gasteiger partial charge < -0.3 is 31.7 Å². The van der Waals surface area contributed by atoms with Crippen molar-refractivity contribution in [2.45, 2.75) is 12.5 Å². The van der Waals surface area contributed by atoms with E-state index in [-0.39, 0.29) is 63.2 Å². The number of methoxy groups -OCH3 is 2. The summed E-state index contributed by atoms with van der Waals surface area (Å²) in [6.07, 6.45) is 0.472. The average Bonchev–Trinajstić information content (AvgIpc) is 2.78. The standard InChI is InChI=1S/C11H11F2NO3.C11H9F2NO3.CH3.Ru/c2*1-16-11(15)14-8-3-6-2-7(12)4-9(13)10(6)17-5-8;;/h2,4,8H,3,5H2,1H3,(H,14,15);2-4H,5H2,1H3,(H,14,15);1H3;/q;;-1;+1/t8-;;;/m1.../s1. The van der Waals surface area contributed by atoms with Crippen molar-refractivity contribution < 1.29 is 65.6 Å². The SMILES string of the molecule is COC(=O)NC1=Cc2cc(F)cc(F)c2OC1.COC(=O)N[C@H]1COc2c(F)cc(F)cc2C1.[CH3-].[Ru+]. The van der Waals surface area contributed by atoms with Crippen LogP contribution < -0.4 is 20.1 Å². The first kappa shape index (κ1) is 30.7. The van der Waals surface area contributed by atoms with Crippen molar-refractivity contribution in [3.8, 4) is 11.5 Å². The van der Waals surface area contributed by atoms with E-state index in [0.717, 1.165) is 18.2 Å². The molecular formula is C23H23F4N2O6Ru. The second kappa shape index (κ2) is 13.7. The van der Waals surface area contributed by atoms with Gasteiger partial charge in [-0.25, -0.2) is 27.2 Å². The molecule has 0 saturated carbocycles. The third-order valence-corrected chi connectivity index (χ3v) is 4.67. The van der Waals surface area contributed by atoms with Gasteiger partial charge in [0.1, 0.15) is 24.8 Å². The molecule has 2 heterocycles. The normalized spacial score (nSPS) is 14.7. The Hall–Kier alpha value is -3.34. The van der Waals surface area contributed by atoms with E-state index in [1.165, 1.54) is 26.4 Å². The molecule has 2 aliphatic heterocycles. The molecule has 0 spiro atoms. The van der Waals surface area contributed by atoms with Gasteiger partial charge in [-0.1, -0.05) is 0 Å². The van der Waals surface area contributed by atoms with E-state index in [2.05, 4.69) is 20.1 Å². The summed E-state index contributed by atoms with van der Waals surface area (Å²) in [4.78, 5) is 21.9. The third-order valence-electron chi connectivity index (χ3n) is 4.67. The number of rotatable bonds is 2. The third kappa shape index (κ3) is 7.84. The molecule has 2 amide bonds. The van der Waals surface area contributed by atoms with E-state index < -0.39 is 35.5 Å². The Balaban J connectivity index is 0.000000341. The van der Waals surface area contributed by atoms with Crippen molar-refractivity contribution in [1.82, 2.24) is 10.6 Å². The number of fused-ring (bicyclic) bond motifs is 2. The van der Waals surface area contributed by atoms with Crippen LogP contribution in [0.3, 0.4) is 0 Å². The van der Waals surface area contributed by atoms with E-state index in [0.29, 0.717) is 17.7 Å². The quantitative estimate of drug-likeness (QED) is 0.306. The first-order valence-corrected chi connectivity index (χ1v) is 9.82. The van der Waals surface area contributed by atoms with Crippen molar-refractivity contribution in [1.29, 1.82) is 0 Å². The van der Waals surface area contributed by atoms with Crippen molar-refractivity contribution >= 4 is 18.3 Å². The molecule has 0 aromatic heterocycles. The smallest absolute Gasteiger partial charge is 0.488 e. The van der Waals surface area contributed by atoms with Crippen molar-refractivity contribution in [3.05, 3.63) is 71.8 Å². The molecule has 0 unspecified atom stereocenters. The number of alkyl carbamates (subject to hydrolysis) is 2. The second-order valence-corrected chi connectivity index (χ2v) is 7.10. The summed E-state index contributed by atoms with van der Waals surface area (Å²) in [7, 11) is 2.46. The summed E-state index contributed by atoms with van der Waals surface area (Å²) in [5.41, 5.74) is 1.00. The van der Waals surface area contributed by atoms with Crippen LogP contribution in [-0.4, -0.2) is 45.7 Å². The number of carbonyl (C=O) groups is 2. The van der Waals surface area contributed by atoms with Crippen LogP contribution in [0.2, 0.25) is 0 Å². The monoisotopic (exact) mass is 601 g/mol. The van der Waals surface area contributed by atoms with Crippen molar-refractivity contribution in [2.75, 3.05) is 27.4 Å². The molecule has 0 fully saturated rings. The Labute approximate surface area is 217 Å². The number of carbonyl (C=O) groups excluding carboxylic acids is 2. The fourth-order valence-corrected chi connectivity index (χ4v) is 3.23. The molecule has 8 nitrogen and oxygen atoms in total. The van der Waals surface area contributed by atoms with E-state index in [1.54, 1.807) is 0 Å². The minimum atomic E-state index is -0.770. The van der Waals surface area contributed by atoms with Crippen LogP contribution in [0.5, 0.6) is 11.5 Å². The minimum absolute atomic E-state index is 0. The molecule has 0 aliphatic carbocycles. The zero-order chi connectivity index (χ0) is 24.8. The Morgan fingerprint density at radius 1 is 0.917 bits per heavy atom. The van der Waals surface area contributed by atoms with Gasteiger partial charge in [-0.15, -0.1) is 0 Å². The van der Waals surface area contributed by atoms with Crippen LogP contribution in [0, 0.1) is 30.7 Å². The van der Waals surface area contributed by atoms with Crippen molar-refractivity contribution in [2.24, 2.45) is 0 Å². The molecule has 0 saturated heterocycles. The van der Waals surface area contributed by atoms with E-state index in [9.17, 15) is 27.2 Å². The van der Waals surface area contributed by atoms with Crippen LogP contribution >= 0.6 is 0 Å². The molecular weight excluding hydrogens is 577 g/mol. The first-order valence-electron chi connectivity index (χ1n) is 9.82. The Kier molecular flexibility index (Phi) is 11.7. The van der Waals surface area contributed by atoms with Gasteiger partial charge in [0.2, 0.25) is 0 Å². The van der Waals surface area contributed by atoms with Crippen LogP contribution in [0.25, 0.3) is 6.08 Å². The number of nitrogens with one attached hydrogen (secondary N) is 2. The summed E-state index contributed by atoms with van der Waals surface area (Å²) in [6.45, 7) is 0.120. The van der Waals surface area contributed by atoms with Gasteiger partial charge in [0, 0.05) is 23.3 Å². The molecule has 0 bridgehead atoms. The van der Waals surface area contributed by atoms with Crippen LogP contribution in [-0.2, 0) is 35.4 Å². The molecule has 197 valence electrons.